The average molecular weight is 512 g/mol. The maximum Gasteiger partial charge on any atom is 0.249 e. The molecule has 0 aromatic heterocycles. The molecule has 0 heterocycles. The number of nitrogens with one attached hydrogen (secondary N) is 1. The molecule has 0 unspecified atom stereocenters. The van der Waals surface area contributed by atoms with E-state index in [9.17, 15) is 14.4 Å². The summed E-state index contributed by atoms with van der Waals surface area (Å²) in [7, 11) is 0. The fraction of sp³-hybridized carbons (Fsp3) is 0.710. The molecule has 0 radical (unpaired) electrons. The van der Waals surface area contributed by atoms with Gasteiger partial charge in [-0.25, -0.2) is 0 Å². The number of nitrogens with two attached hydrogens (primary N) is 2. The summed E-state index contributed by atoms with van der Waals surface area (Å²) in [4.78, 5) is 38.3. The minimum atomic E-state index is -0.591. The van der Waals surface area contributed by atoms with E-state index in [-0.39, 0.29) is 28.6 Å². The lowest BCUT2D eigenvalue weighted by Gasteiger charge is -2.39. The fourth-order valence-electron chi connectivity index (χ4n) is 6.70. The van der Waals surface area contributed by atoms with Crippen molar-refractivity contribution in [2.24, 2.45) is 40.1 Å². The first-order valence-corrected chi connectivity index (χ1v) is 14.4. The van der Waals surface area contributed by atoms with Crippen LogP contribution in [0.25, 0.3) is 0 Å². The number of hydrogen-bond acceptors (Lipinski definition) is 3. The van der Waals surface area contributed by atoms with E-state index in [0.717, 1.165) is 64.2 Å². The molecule has 0 bridgehead atoms. The van der Waals surface area contributed by atoms with Gasteiger partial charge >= 0.3 is 0 Å². The minimum absolute atomic E-state index is 0.0517. The molecular formula is C31H49N3O3. The van der Waals surface area contributed by atoms with E-state index in [1.807, 2.05) is 0 Å². The van der Waals surface area contributed by atoms with Gasteiger partial charge in [-0.05, 0) is 97.6 Å². The van der Waals surface area contributed by atoms with Gasteiger partial charge in [0.05, 0.1) is 0 Å². The molecule has 6 nitrogen and oxygen atoms in total. The molecule has 0 atom stereocenters. The van der Waals surface area contributed by atoms with Crippen molar-refractivity contribution in [2.75, 3.05) is 5.32 Å². The molecule has 2 aliphatic rings. The van der Waals surface area contributed by atoms with Crippen LogP contribution in [0.15, 0.2) is 12.1 Å². The van der Waals surface area contributed by atoms with Crippen LogP contribution < -0.4 is 16.8 Å². The maximum atomic E-state index is 13.2. The van der Waals surface area contributed by atoms with Crippen molar-refractivity contribution >= 4 is 23.4 Å². The molecule has 5 N–H and O–H groups in total. The van der Waals surface area contributed by atoms with Gasteiger partial charge in [0, 0.05) is 22.7 Å². The SMILES string of the molecule is CCC(C)(C)C1CCC(C(=O)Nc2cc(C(N)=O)c(C3CCC(C(C)(C)CC)CC3)c(C(N)=O)c2)CC1. The predicted octanol–water partition coefficient (Wildman–Crippen LogP) is 6.78. The van der Waals surface area contributed by atoms with Gasteiger partial charge in [-0.1, -0.05) is 54.4 Å². The smallest absolute Gasteiger partial charge is 0.249 e. The normalized spacial score (nSPS) is 24.9. The fourth-order valence-corrected chi connectivity index (χ4v) is 6.70. The lowest BCUT2D eigenvalue weighted by Crippen LogP contribution is -2.33. The van der Waals surface area contributed by atoms with Crippen molar-refractivity contribution < 1.29 is 14.4 Å². The quantitative estimate of drug-likeness (QED) is 0.339. The molecule has 37 heavy (non-hydrogen) atoms. The van der Waals surface area contributed by atoms with E-state index in [1.54, 1.807) is 12.1 Å². The number of rotatable bonds is 9. The van der Waals surface area contributed by atoms with E-state index in [0.29, 0.717) is 34.2 Å². The number of carbonyl (C=O) groups is 3. The van der Waals surface area contributed by atoms with Crippen molar-refractivity contribution in [3.63, 3.8) is 0 Å². The highest BCUT2D eigenvalue weighted by Crippen LogP contribution is 2.47. The molecule has 0 spiro atoms. The van der Waals surface area contributed by atoms with E-state index < -0.39 is 11.8 Å². The van der Waals surface area contributed by atoms with E-state index in [1.165, 1.54) is 0 Å². The number of anilines is 1. The molecule has 1 aromatic carbocycles. The molecule has 3 rings (SSSR count). The maximum absolute atomic E-state index is 13.2. The van der Waals surface area contributed by atoms with Gasteiger partial charge in [0.1, 0.15) is 0 Å². The Kier molecular flexibility index (Phi) is 9.13. The summed E-state index contributed by atoms with van der Waals surface area (Å²) in [6.07, 6.45) is 9.87. The van der Waals surface area contributed by atoms with Crippen LogP contribution in [-0.4, -0.2) is 17.7 Å². The zero-order chi connectivity index (χ0) is 27.5. The summed E-state index contributed by atoms with van der Waals surface area (Å²) < 4.78 is 0. The molecule has 0 aliphatic heterocycles. The minimum Gasteiger partial charge on any atom is -0.366 e. The molecule has 6 heteroatoms. The lowest BCUT2D eigenvalue weighted by atomic mass is 9.66. The molecule has 0 saturated heterocycles. The molecule has 206 valence electrons. The Morgan fingerprint density at radius 2 is 1.16 bits per heavy atom. The van der Waals surface area contributed by atoms with Gasteiger partial charge < -0.3 is 16.8 Å². The highest BCUT2D eigenvalue weighted by Gasteiger charge is 2.36. The van der Waals surface area contributed by atoms with Crippen LogP contribution in [0.1, 0.15) is 138 Å². The zero-order valence-corrected chi connectivity index (χ0v) is 23.9. The van der Waals surface area contributed by atoms with E-state index >= 15 is 0 Å². The largest absolute Gasteiger partial charge is 0.366 e. The Bertz CT molecular complexity index is 962. The van der Waals surface area contributed by atoms with Crippen LogP contribution in [0.4, 0.5) is 5.69 Å². The Morgan fingerprint density at radius 3 is 1.54 bits per heavy atom. The molecule has 3 amide bonds. The van der Waals surface area contributed by atoms with Crippen molar-refractivity contribution in [1.29, 1.82) is 0 Å². The third kappa shape index (κ3) is 6.56. The average Bonchev–Trinajstić information content (AvgIpc) is 2.88. The van der Waals surface area contributed by atoms with Gasteiger partial charge in [0.2, 0.25) is 17.7 Å². The topological polar surface area (TPSA) is 115 Å². The van der Waals surface area contributed by atoms with Crippen LogP contribution in [0.3, 0.4) is 0 Å². The van der Waals surface area contributed by atoms with Crippen molar-refractivity contribution in [1.82, 2.24) is 0 Å². The first-order chi connectivity index (χ1) is 17.3. The predicted molar refractivity (Wildman–Crippen MR) is 150 cm³/mol. The van der Waals surface area contributed by atoms with Crippen LogP contribution in [0, 0.1) is 28.6 Å². The Labute approximate surface area is 223 Å². The van der Waals surface area contributed by atoms with Crippen LogP contribution in [0.5, 0.6) is 0 Å². The second-order valence-corrected chi connectivity index (χ2v) is 13.0. The first-order valence-electron chi connectivity index (χ1n) is 14.4. The van der Waals surface area contributed by atoms with Gasteiger partial charge in [0.25, 0.3) is 0 Å². The monoisotopic (exact) mass is 511 g/mol. The summed E-state index contributed by atoms with van der Waals surface area (Å²) in [5, 5.41) is 2.98. The second-order valence-electron chi connectivity index (χ2n) is 13.0. The summed E-state index contributed by atoms with van der Waals surface area (Å²) in [5.74, 6) is -0.0284. The Morgan fingerprint density at radius 1 is 0.757 bits per heavy atom. The van der Waals surface area contributed by atoms with Crippen LogP contribution in [0.2, 0.25) is 0 Å². The van der Waals surface area contributed by atoms with Crippen molar-refractivity contribution in [3.8, 4) is 0 Å². The summed E-state index contributed by atoms with van der Waals surface area (Å²) in [5.41, 5.74) is 13.9. The molecule has 2 saturated carbocycles. The number of carbonyl (C=O) groups excluding carboxylic acids is 3. The van der Waals surface area contributed by atoms with Crippen molar-refractivity contribution in [2.45, 2.75) is 112 Å². The highest BCUT2D eigenvalue weighted by molar-refractivity contribution is 6.04. The zero-order valence-electron chi connectivity index (χ0n) is 23.9. The summed E-state index contributed by atoms with van der Waals surface area (Å²) in [6.45, 7) is 13.7. The standard InChI is InChI=1S/C31H49N3O3/c1-7-30(3,4)21-13-9-19(10-14-21)26-24(27(32)35)17-23(18-25(26)28(33)36)34-29(37)20-11-15-22(16-12-20)31(5,6)8-2/h17-22H,7-16H2,1-6H3,(H2,32,35)(H2,33,36)(H,34,37). The third-order valence-electron chi connectivity index (χ3n) is 10.2. The molecule has 1 aromatic rings. The molecule has 2 fully saturated rings. The summed E-state index contributed by atoms with van der Waals surface area (Å²) >= 11 is 0. The van der Waals surface area contributed by atoms with Gasteiger partial charge in [-0.15, -0.1) is 0 Å². The molecule has 2 aliphatic carbocycles. The Hall–Kier alpha value is -2.37. The van der Waals surface area contributed by atoms with Crippen LogP contribution in [-0.2, 0) is 4.79 Å². The second kappa shape index (κ2) is 11.6. The molecular weight excluding hydrogens is 462 g/mol. The van der Waals surface area contributed by atoms with Gasteiger partial charge in [-0.3, -0.25) is 14.4 Å². The summed E-state index contributed by atoms with van der Waals surface area (Å²) in [6, 6.07) is 3.30. The third-order valence-corrected chi connectivity index (χ3v) is 10.2. The first kappa shape index (κ1) is 29.2. The highest BCUT2D eigenvalue weighted by atomic mass is 16.2. The van der Waals surface area contributed by atoms with Gasteiger partial charge in [0.15, 0.2) is 0 Å². The van der Waals surface area contributed by atoms with Crippen LogP contribution >= 0.6 is 0 Å². The number of amides is 3. The van der Waals surface area contributed by atoms with E-state index in [2.05, 4.69) is 46.9 Å². The number of benzene rings is 1. The lowest BCUT2D eigenvalue weighted by molar-refractivity contribution is -0.121. The van der Waals surface area contributed by atoms with E-state index in [4.69, 9.17) is 11.5 Å². The Balaban J connectivity index is 1.80. The number of hydrogen-bond donors (Lipinski definition) is 3. The van der Waals surface area contributed by atoms with Crippen molar-refractivity contribution in [3.05, 3.63) is 28.8 Å². The number of primary amides is 2. The van der Waals surface area contributed by atoms with Gasteiger partial charge in [-0.2, -0.15) is 0 Å².